The summed E-state index contributed by atoms with van der Waals surface area (Å²) < 4.78 is 6.87. The molecule has 1 atom stereocenters. The molecule has 0 aliphatic rings. The summed E-state index contributed by atoms with van der Waals surface area (Å²) in [6.07, 6.45) is 1.23. The Morgan fingerprint density at radius 2 is 1.60 bits per heavy atom. The standard InChI is InChI=1S/C38H50N2O4Si/c1-37(2,3)45(6,7)44-35(31-17-18-34(42)33(23-31)26-41)25-40-38(4,5)24-28-11-10-14-32(22-28)36(43)39-20-19-27-15-16-29-12-8-9-13-30(29)21-27/h8-18,21-23,35,40-42H,19-20,24-26H2,1-7H3,(H,39,43)/t35-/m0/s1. The van der Waals surface area contributed by atoms with E-state index in [-0.39, 0.29) is 34.9 Å². The van der Waals surface area contributed by atoms with Gasteiger partial charge in [0.1, 0.15) is 5.75 Å². The number of rotatable bonds is 13. The highest BCUT2D eigenvalue weighted by Crippen LogP contribution is 2.40. The molecule has 0 heterocycles. The number of aliphatic hydroxyl groups excluding tert-OH is 1. The maximum atomic E-state index is 13.1. The van der Waals surface area contributed by atoms with Crippen LogP contribution in [0.3, 0.4) is 0 Å². The summed E-state index contributed by atoms with van der Waals surface area (Å²) in [4.78, 5) is 13.1. The fourth-order valence-corrected chi connectivity index (χ4v) is 6.56. The molecule has 0 unspecified atom stereocenters. The van der Waals surface area contributed by atoms with Crippen LogP contribution in [-0.2, 0) is 23.9 Å². The van der Waals surface area contributed by atoms with Gasteiger partial charge in [0.25, 0.3) is 5.91 Å². The summed E-state index contributed by atoms with van der Waals surface area (Å²) in [6, 6.07) is 27.9. The third kappa shape index (κ3) is 9.27. The van der Waals surface area contributed by atoms with Gasteiger partial charge in [0, 0.05) is 29.8 Å². The van der Waals surface area contributed by atoms with E-state index >= 15 is 0 Å². The van der Waals surface area contributed by atoms with Gasteiger partial charge in [0.05, 0.1) is 12.7 Å². The molecule has 0 aliphatic heterocycles. The van der Waals surface area contributed by atoms with Crippen molar-refractivity contribution >= 4 is 25.0 Å². The van der Waals surface area contributed by atoms with Crippen molar-refractivity contribution in [2.75, 3.05) is 13.1 Å². The van der Waals surface area contributed by atoms with E-state index in [0.29, 0.717) is 24.2 Å². The molecule has 4 rings (SSSR count). The summed E-state index contributed by atoms with van der Waals surface area (Å²) >= 11 is 0. The van der Waals surface area contributed by atoms with Crippen LogP contribution in [0.1, 0.15) is 73.3 Å². The van der Waals surface area contributed by atoms with Crippen LogP contribution in [0.15, 0.2) is 84.9 Å². The highest BCUT2D eigenvalue weighted by Gasteiger charge is 2.39. The lowest BCUT2D eigenvalue weighted by Gasteiger charge is -2.40. The van der Waals surface area contributed by atoms with Gasteiger partial charge in [0.15, 0.2) is 8.32 Å². The van der Waals surface area contributed by atoms with Crippen LogP contribution in [0.4, 0.5) is 0 Å². The first-order valence-corrected chi connectivity index (χ1v) is 18.8. The van der Waals surface area contributed by atoms with Crippen molar-refractivity contribution in [2.24, 2.45) is 0 Å². The Morgan fingerprint density at radius 1 is 0.867 bits per heavy atom. The molecule has 0 bridgehead atoms. The molecule has 45 heavy (non-hydrogen) atoms. The number of amides is 1. The number of aromatic hydroxyl groups is 1. The molecule has 6 nitrogen and oxygen atoms in total. The maximum absolute atomic E-state index is 13.1. The first kappa shape index (κ1) is 34.4. The van der Waals surface area contributed by atoms with Gasteiger partial charge in [-0.2, -0.15) is 0 Å². The third-order valence-corrected chi connectivity index (χ3v) is 13.5. The van der Waals surface area contributed by atoms with Gasteiger partial charge in [-0.1, -0.05) is 81.4 Å². The third-order valence-electron chi connectivity index (χ3n) is 9.00. The number of aliphatic hydroxyl groups is 1. The van der Waals surface area contributed by atoms with E-state index in [0.717, 1.165) is 24.0 Å². The molecule has 0 radical (unpaired) electrons. The maximum Gasteiger partial charge on any atom is 0.251 e. The van der Waals surface area contributed by atoms with E-state index in [4.69, 9.17) is 4.43 Å². The normalized spacial score (nSPS) is 13.2. The fraction of sp³-hybridized carbons (Fsp3) is 0.395. The lowest BCUT2D eigenvalue weighted by molar-refractivity contribution is 0.0954. The fourth-order valence-electron chi connectivity index (χ4n) is 5.27. The highest BCUT2D eigenvalue weighted by atomic mass is 28.4. The summed E-state index contributed by atoms with van der Waals surface area (Å²) in [5, 5.41) is 29.2. The minimum absolute atomic E-state index is 0.0218. The van der Waals surface area contributed by atoms with Crippen LogP contribution >= 0.6 is 0 Å². The molecule has 4 aromatic carbocycles. The van der Waals surface area contributed by atoms with E-state index in [1.807, 2.05) is 42.5 Å². The predicted octanol–water partition coefficient (Wildman–Crippen LogP) is 7.68. The van der Waals surface area contributed by atoms with Crippen molar-refractivity contribution < 1.29 is 19.4 Å². The smallest absolute Gasteiger partial charge is 0.251 e. The lowest BCUT2D eigenvalue weighted by atomic mass is 9.93. The Morgan fingerprint density at radius 3 is 2.31 bits per heavy atom. The van der Waals surface area contributed by atoms with Gasteiger partial charge in [-0.25, -0.2) is 0 Å². The summed E-state index contributed by atoms with van der Waals surface area (Å²) in [7, 11) is -2.14. The number of hydrogen-bond acceptors (Lipinski definition) is 5. The molecule has 0 aromatic heterocycles. The second-order valence-corrected chi connectivity index (χ2v) is 19.0. The lowest BCUT2D eigenvalue weighted by Crippen LogP contribution is -2.47. The van der Waals surface area contributed by atoms with E-state index in [1.165, 1.54) is 16.3 Å². The topological polar surface area (TPSA) is 90.8 Å². The second kappa shape index (κ2) is 14.3. The quantitative estimate of drug-likeness (QED) is 0.114. The SMILES string of the molecule is CC(C)(Cc1cccc(C(=O)NCCc2ccc3ccccc3c2)c1)NC[C@H](O[Si](C)(C)C(C)(C)C)c1ccc(O)c(CO)c1. The van der Waals surface area contributed by atoms with Crippen LogP contribution in [-0.4, -0.2) is 43.1 Å². The molecule has 0 saturated carbocycles. The van der Waals surface area contributed by atoms with E-state index in [2.05, 4.69) is 94.7 Å². The van der Waals surface area contributed by atoms with Crippen molar-refractivity contribution in [2.45, 2.75) is 83.8 Å². The van der Waals surface area contributed by atoms with E-state index in [1.54, 1.807) is 6.07 Å². The molecule has 4 N–H and O–H groups in total. The number of hydrogen-bond donors (Lipinski definition) is 4. The van der Waals surface area contributed by atoms with Gasteiger partial charge >= 0.3 is 0 Å². The van der Waals surface area contributed by atoms with Crippen molar-refractivity contribution in [3.8, 4) is 5.75 Å². The average Bonchev–Trinajstić information content (AvgIpc) is 2.98. The Bertz CT molecular complexity index is 1610. The van der Waals surface area contributed by atoms with Crippen LogP contribution in [0, 0.1) is 0 Å². The number of benzene rings is 4. The molecule has 1 amide bonds. The minimum atomic E-state index is -2.14. The largest absolute Gasteiger partial charge is 0.508 e. The Kier molecular flexibility index (Phi) is 10.9. The Balaban J connectivity index is 1.39. The number of carbonyl (C=O) groups is 1. The molecular weight excluding hydrogens is 577 g/mol. The number of fused-ring (bicyclic) bond motifs is 1. The van der Waals surface area contributed by atoms with Crippen LogP contribution < -0.4 is 10.6 Å². The van der Waals surface area contributed by atoms with Gasteiger partial charge in [-0.05, 0) is 96.5 Å². The highest BCUT2D eigenvalue weighted by molar-refractivity contribution is 6.74. The van der Waals surface area contributed by atoms with E-state index in [9.17, 15) is 15.0 Å². The first-order valence-electron chi connectivity index (χ1n) is 15.9. The van der Waals surface area contributed by atoms with Crippen molar-refractivity contribution in [3.63, 3.8) is 0 Å². The van der Waals surface area contributed by atoms with Crippen LogP contribution in [0.5, 0.6) is 5.75 Å². The Hall–Kier alpha value is -3.49. The summed E-state index contributed by atoms with van der Waals surface area (Å²) in [5.74, 6) is 0.0106. The molecule has 7 heteroatoms. The zero-order valence-electron chi connectivity index (χ0n) is 27.9. The van der Waals surface area contributed by atoms with Crippen LogP contribution in [0.2, 0.25) is 18.1 Å². The van der Waals surface area contributed by atoms with E-state index < -0.39 is 8.32 Å². The number of phenols is 1. The molecule has 4 aromatic rings. The van der Waals surface area contributed by atoms with Crippen molar-refractivity contribution in [3.05, 3.63) is 113 Å². The number of nitrogens with one attached hydrogen (secondary N) is 2. The molecular formula is C38H50N2O4Si. The zero-order valence-corrected chi connectivity index (χ0v) is 28.9. The van der Waals surface area contributed by atoms with Crippen molar-refractivity contribution in [1.82, 2.24) is 10.6 Å². The average molecular weight is 627 g/mol. The molecule has 240 valence electrons. The minimum Gasteiger partial charge on any atom is -0.508 e. The monoisotopic (exact) mass is 626 g/mol. The van der Waals surface area contributed by atoms with Crippen molar-refractivity contribution in [1.29, 1.82) is 0 Å². The van der Waals surface area contributed by atoms with Crippen LogP contribution in [0.25, 0.3) is 10.8 Å². The molecule has 0 spiro atoms. The van der Waals surface area contributed by atoms with Gasteiger partial charge in [-0.3, -0.25) is 4.79 Å². The summed E-state index contributed by atoms with van der Waals surface area (Å²) in [5.41, 5.74) is 4.05. The molecule has 0 fully saturated rings. The predicted molar refractivity (Wildman–Crippen MR) is 187 cm³/mol. The van der Waals surface area contributed by atoms with Gasteiger partial charge in [0.2, 0.25) is 0 Å². The number of carbonyl (C=O) groups excluding carboxylic acids is 1. The van der Waals surface area contributed by atoms with Gasteiger partial charge in [-0.15, -0.1) is 0 Å². The van der Waals surface area contributed by atoms with Gasteiger partial charge < -0.3 is 25.3 Å². The zero-order chi connectivity index (χ0) is 32.8. The summed E-state index contributed by atoms with van der Waals surface area (Å²) in [6.45, 7) is 16.3. The molecule has 0 saturated heterocycles. The second-order valence-electron chi connectivity index (χ2n) is 14.2. The molecule has 0 aliphatic carbocycles. The first-order chi connectivity index (χ1) is 21.2. The Labute approximate surface area is 270 Å².